The van der Waals surface area contributed by atoms with E-state index in [9.17, 15) is 0 Å². The predicted octanol–water partition coefficient (Wildman–Crippen LogP) is 2.11. The summed E-state index contributed by atoms with van der Waals surface area (Å²) in [6, 6.07) is 0.558. The Kier molecular flexibility index (Phi) is 2.70. The number of nitrogens with zero attached hydrogens (tertiary/aromatic N) is 3. The molecule has 0 aromatic carbocycles. The Morgan fingerprint density at radius 3 is 2.83 bits per heavy atom. The first kappa shape index (κ1) is 8.56. The topological polar surface area (TPSA) is 30.7 Å². The number of halogens is 1. The second kappa shape index (κ2) is 3.79. The summed E-state index contributed by atoms with van der Waals surface area (Å²) in [5, 5.41) is 7.91. The van der Waals surface area contributed by atoms with Gasteiger partial charge in [0.1, 0.15) is 4.60 Å². The van der Waals surface area contributed by atoms with Crippen LogP contribution in [0.5, 0.6) is 0 Å². The zero-order valence-electron chi connectivity index (χ0n) is 6.61. The maximum absolute atomic E-state index is 4.05. The Morgan fingerprint density at radius 1 is 1.50 bits per heavy atom. The molecule has 2 rings (SSSR count). The van der Waals surface area contributed by atoms with E-state index in [1.54, 1.807) is 6.20 Å². The summed E-state index contributed by atoms with van der Waals surface area (Å²) in [6.45, 7) is 0. The van der Waals surface area contributed by atoms with Gasteiger partial charge in [-0.05, 0) is 40.3 Å². The van der Waals surface area contributed by atoms with Crippen molar-refractivity contribution in [1.82, 2.24) is 15.0 Å². The third-order valence-electron chi connectivity index (χ3n) is 2.07. The second-order valence-corrected chi connectivity index (χ2v) is 4.88. The zero-order chi connectivity index (χ0) is 8.39. The summed E-state index contributed by atoms with van der Waals surface area (Å²) in [4.78, 5) is 0. The van der Waals surface area contributed by atoms with Gasteiger partial charge in [-0.15, -0.1) is 5.10 Å². The van der Waals surface area contributed by atoms with Crippen LogP contribution in [0.1, 0.15) is 18.9 Å². The van der Waals surface area contributed by atoms with Crippen LogP contribution in [0, 0.1) is 0 Å². The van der Waals surface area contributed by atoms with Crippen LogP contribution >= 0.6 is 27.7 Å². The van der Waals surface area contributed by atoms with Gasteiger partial charge in [-0.1, -0.05) is 5.21 Å². The molecule has 1 saturated heterocycles. The molecule has 2 heterocycles. The molecule has 12 heavy (non-hydrogen) atoms. The van der Waals surface area contributed by atoms with E-state index in [2.05, 4.69) is 26.2 Å². The second-order valence-electron chi connectivity index (χ2n) is 2.84. The van der Waals surface area contributed by atoms with Crippen LogP contribution in [0.4, 0.5) is 0 Å². The molecule has 0 amide bonds. The maximum atomic E-state index is 4.05. The van der Waals surface area contributed by atoms with Crippen LogP contribution < -0.4 is 0 Å². The van der Waals surface area contributed by atoms with Crippen LogP contribution in [-0.4, -0.2) is 26.5 Å². The van der Waals surface area contributed by atoms with Gasteiger partial charge in [-0.2, -0.15) is 11.8 Å². The summed E-state index contributed by atoms with van der Waals surface area (Å²) in [5.74, 6) is 2.49. The van der Waals surface area contributed by atoms with E-state index >= 15 is 0 Å². The third-order valence-corrected chi connectivity index (χ3v) is 3.68. The Hall–Kier alpha value is -0.0300. The molecule has 1 aromatic heterocycles. The molecular weight excluding hydrogens is 238 g/mol. The van der Waals surface area contributed by atoms with Crippen LogP contribution in [0.15, 0.2) is 10.8 Å². The summed E-state index contributed by atoms with van der Waals surface area (Å²) >= 11 is 5.46. The number of rotatable bonds is 1. The Morgan fingerprint density at radius 2 is 2.25 bits per heavy atom. The highest BCUT2D eigenvalue weighted by Crippen LogP contribution is 2.28. The monoisotopic (exact) mass is 247 g/mol. The lowest BCUT2D eigenvalue weighted by atomic mass is 10.2. The summed E-state index contributed by atoms with van der Waals surface area (Å²) in [5.41, 5.74) is 0. The highest BCUT2D eigenvalue weighted by atomic mass is 79.9. The molecule has 66 valence electrons. The van der Waals surface area contributed by atoms with Gasteiger partial charge < -0.3 is 0 Å². The fourth-order valence-electron chi connectivity index (χ4n) is 1.41. The van der Waals surface area contributed by atoms with Crippen LogP contribution in [-0.2, 0) is 0 Å². The van der Waals surface area contributed by atoms with Crippen molar-refractivity contribution in [3.63, 3.8) is 0 Å². The van der Waals surface area contributed by atoms with Crippen molar-refractivity contribution in [2.24, 2.45) is 0 Å². The normalized spacial score (nSPS) is 19.8. The third kappa shape index (κ3) is 1.66. The van der Waals surface area contributed by atoms with Gasteiger partial charge in [-0.25, -0.2) is 4.68 Å². The van der Waals surface area contributed by atoms with E-state index in [1.165, 1.54) is 24.3 Å². The molecule has 3 nitrogen and oxygen atoms in total. The van der Waals surface area contributed by atoms with Gasteiger partial charge >= 0.3 is 0 Å². The summed E-state index contributed by atoms with van der Waals surface area (Å²) < 4.78 is 2.99. The van der Waals surface area contributed by atoms with Crippen molar-refractivity contribution < 1.29 is 0 Å². The first-order valence-corrected chi connectivity index (χ1v) is 5.96. The van der Waals surface area contributed by atoms with Gasteiger partial charge in [0, 0.05) is 0 Å². The molecule has 0 unspecified atom stereocenters. The molecule has 0 saturated carbocycles. The largest absolute Gasteiger partial charge is 0.235 e. The SMILES string of the molecule is Brc1cnnn1C1CCSCC1. The molecule has 0 atom stereocenters. The molecular formula is C7H10BrN3S. The summed E-state index contributed by atoms with van der Waals surface area (Å²) in [7, 11) is 0. The fourth-order valence-corrected chi connectivity index (χ4v) is 2.94. The molecule has 1 aliphatic rings. The molecule has 1 aliphatic heterocycles. The van der Waals surface area contributed by atoms with E-state index in [1.807, 2.05) is 16.4 Å². The molecule has 1 aromatic rings. The van der Waals surface area contributed by atoms with E-state index in [4.69, 9.17) is 0 Å². The highest BCUT2D eigenvalue weighted by molar-refractivity contribution is 9.10. The van der Waals surface area contributed by atoms with Crippen LogP contribution in [0.3, 0.4) is 0 Å². The first-order chi connectivity index (χ1) is 5.88. The van der Waals surface area contributed by atoms with Crippen molar-refractivity contribution in [1.29, 1.82) is 0 Å². The van der Waals surface area contributed by atoms with Crippen molar-refractivity contribution in [3.8, 4) is 0 Å². The minimum atomic E-state index is 0.558. The Bertz CT molecular complexity index is 257. The van der Waals surface area contributed by atoms with Crippen LogP contribution in [0.25, 0.3) is 0 Å². The number of hydrogen-bond donors (Lipinski definition) is 0. The lowest BCUT2D eigenvalue weighted by Gasteiger charge is -2.21. The molecule has 0 aliphatic carbocycles. The smallest absolute Gasteiger partial charge is 0.124 e. The van der Waals surface area contributed by atoms with Crippen molar-refractivity contribution in [2.75, 3.05) is 11.5 Å². The molecule has 0 N–H and O–H groups in total. The molecule has 0 spiro atoms. The minimum Gasteiger partial charge on any atom is -0.235 e. The first-order valence-electron chi connectivity index (χ1n) is 4.01. The van der Waals surface area contributed by atoms with Gasteiger partial charge in [0.05, 0.1) is 12.2 Å². The number of aromatic nitrogens is 3. The summed E-state index contributed by atoms with van der Waals surface area (Å²) in [6.07, 6.45) is 4.18. The molecule has 0 bridgehead atoms. The standard InChI is InChI=1S/C7H10BrN3S/c8-7-5-9-10-11(7)6-1-3-12-4-2-6/h5-6H,1-4H2. The minimum absolute atomic E-state index is 0.558. The van der Waals surface area contributed by atoms with E-state index in [0.29, 0.717) is 6.04 Å². The average Bonchev–Trinajstić information content (AvgIpc) is 2.53. The number of thioether (sulfide) groups is 1. The predicted molar refractivity (Wildman–Crippen MR) is 53.3 cm³/mol. The highest BCUT2D eigenvalue weighted by Gasteiger charge is 2.17. The average molecular weight is 248 g/mol. The molecule has 0 radical (unpaired) electrons. The van der Waals surface area contributed by atoms with Gasteiger partial charge in [0.2, 0.25) is 0 Å². The van der Waals surface area contributed by atoms with Gasteiger partial charge in [0.15, 0.2) is 0 Å². The van der Waals surface area contributed by atoms with Crippen LogP contribution in [0.2, 0.25) is 0 Å². The molecule has 1 fully saturated rings. The van der Waals surface area contributed by atoms with Gasteiger partial charge in [-0.3, -0.25) is 0 Å². The molecule has 5 heteroatoms. The van der Waals surface area contributed by atoms with E-state index in [-0.39, 0.29) is 0 Å². The number of hydrogen-bond acceptors (Lipinski definition) is 3. The fraction of sp³-hybridized carbons (Fsp3) is 0.714. The Balaban J connectivity index is 2.13. The van der Waals surface area contributed by atoms with Crippen molar-refractivity contribution >= 4 is 27.7 Å². The van der Waals surface area contributed by atoms with Crippen molar-refractivity contribution in [3.05, 3.63) is 10.8 Å². The van der Waals surface area contributed by atoms with E-state index in [0.717, 1.165) is 4.60 Å². The lowest BCUT2D eigenvalue weighted by Crippen LogP contribution is -2.16. The maximum Gasteiger partial charge on any atom is 0.124 e. The zero-order valence-corrected chi connectivity index (χ0v) is 9.01. The Labute approximate surface area is 84.0 Å². The quantitative estimate of drug-likeness (QED) is 0.762. The lowest BCUT2D eigenvalue weighted by molar-refractivity contribution is 0.409. The van der Waals surface area contributed by atoms with E-state index < -0.39 is 0 Å². The van der Waals surface area contributed by atoms with Gasteiger partial charge in [0.25, 0.3) is 0 Å². The van der Waals surface area contributed by atoms with Crippen molar-refractivity contribution in [2.45, 2.75) is 18.9 Å².